The van der Waals surface area contributed by atoms with E-state index < -0.39 is 35.7 Å². The van der Waals surface area contributed by atoms with Gasteiger partial charge in [0.05, 0.1) is 36.3 Å². The van der Waals surface area contributed by atoms with Crippen LogP contribution in [-0.2, 0) is 23.9 Å². The summed E-state index contributed by atoms with van der Waals surface area (Å²) >= 11 is 0. The lowest BCUT2D eigenvalue weighted by Gasteiger charge is -2.29. The normalized spacial score (nSPS) is 32.4. The van der Waals surface area contributed by atoms with E-state index in [0.29, 0.717) is 12.0 Å². The van der Waals surface area contributed by atoms with E-state index >= 15 is 0 Å². The molecule has 2 aliphatic rings. The van der Waals surface area contributed by atoms with Gasteiger partial charge < -0.3 is 30.3 Å². The van der Waals surface area contributed by atoms with Crippen molar-refractivity contribution in [1.29, 1.82) is 0 Å². The Kier molecular flexibility index (Phi) is 12.5. The molecule has 4 N–H and O–H groups in total. The predicted molar refractivity (Wildman–Crippen MR) is 149 cm³/mol. The number of aliphatic hydroxyl groups is 2. The predicted octanol–water partition coefficient (Wildman–Crippen LogP) is 2.47. The maximum Gasteiger partial charge on any atom is 0.251 e. The lowest BCUT2D eigenvalue weighted by Crippen LogP contribution is -2.39. The summed E-state index contributed by atoms with van der Waals surface area (Å²) in [5.74, 6) is -1.85. The number of hydrogen-bond donors (Lipinski definition) is 4. The quantitative estimate of drug-likeness (QED) is 0.389. The van der Waals surface area contributed by atoms with Gasteiger partial charge in [0.25, 0.3) is 5.91 Å². The molecule has 9 heteroatoms. The summed E-state index contributed by atoms with van der Waals surface area (Å²) in [6.45, 7) is 8.82. The summed E-state index contributed by atoms with van der Waals surface area (Å²) in [7, 11) is 3.11. The molecule has 1 heterocycles. The zero-order chi connectivity index (χ0) is 29.3. The molecule has 9 nitrogen and oxygen atoms in total. The number of ketones is 2. The van der Waals surface area contributed by atoms with Crippen molar-refractivity contribution in [2.75, 3.05) is 20.8 Å². The number of hydrogen-bond acceptors (Lipinski definition) is 8. The fourth-order valence-electron chi connectivity index (χ4n) is 4.61. The minimum atomic E-state index is -0.815. The molecule has 0 spiro atoms. The Labute approximate surface area is 231 Å². The van der Waals surface area contributed by atoms with E-state index in [1.807, 2.05) is 33.3 Å². The second-order valence-electron chi connectivity index (χ2n) is 10.5. The van der Waals surface area contributed by atoms with Crippen LogP contribution in [0.1, 0.15) is 47.5 Å². The van der Waals surface area contributed by atoms with E-state index in [4.69, 9.17) is 9.47 Å². The average molecular weight is 544 g/mol. The Bertz CT molecular complexity index is 1070. The summed E-state index contributed by atoms with van der Waals surface area (Å²) in [6, 6.07) is -0.463. The van der Waals surface area contributed by atoms with E-state index in [2.05, 4.69) is 10.6 Å². The Morgan fingerprint density at radius 1 is 1.15 bits per heavy atom. The molecule has 2 rings (SSSR count). The van der Waals surface area contributed by atoms with Crippen molar-refractivity contribution in [3.05, 3.63) is 64.9 Å². The number of methoxy groups -OCH3 is 2. The molecule has 1 aliphatic carbocycles. The van der Waals surface area contributed by atoms with Crippen molar-refractivity contribution in [3.8, 4) is 0 Å². The maximum atomic E-state index is 13.5. The molecule has 0 unspecified atom stereocenters. The molecule has 1 aliphatic heterocycles. The molecule has 6 atom stereocenters. The molecule has 0 aromatic rings. The standard InChI is InChI=1S/C30H43N2O7/c1-17-11-20(4)28(35)26(39-7)14-18(2)13-23-27(31-21(5)16-33)25(34)15-24(29(23)36)32-30(37)19(3)9-8-10-22(12-17)38-6/h8-12,15,18,20-22,26,28,31,33,35H,13-14,16H2,1-7H3,(H,32,37)/b10-8-,17-11+,19-9+/t18-,20+,21+,22-,26+,28-/m1/s1. The zero-order valence-electron chi connectivity index (χ0n) is 24.0. The van der Waals surface area contributed by atoms with Crippen molar-refractivity contribution in [3.63, 3.8) is 0 Å². The first-order valence-corrected chi connectivity index (χ1v) is 13.3. The number of amides is 1. The van der Waals surface area contributed by atoms with Gasteiger partial charge >= 0.3 is 0 Å². The molecule has 1 radical (unpaired) electrons. The number of ether oxygens (including phenoxy) is 2. The number of nitrogens with one attached hydrogen (secondary N) is 2. The topological polar surface area (TPSA) is 134 Å². The number of carbonyl (C=O) groups excluding carboxylic acids is 3. The molecule has 2 bridgehead atoms. The van der Waals surface area contributed by atoms with Crippen LogP contribution in [-0.4, -0.2) is 72.9 Å². The van der Waals surface area contributed by atoms with Crippen LogP contribution in [0.3, 0.4) is 0 Å². The number of Topliss-reactive ketones (excluding diaryl/α,β-unsaturated/α-hetero) is 1. The van der Waals surface area contributed by atoms with Gasteiger partial charge in [0, 0.05) is 49.8 Å². The minimum absolute atomic E-state index is 0.107. The van der Waals surface area contributed by atoms with Crippen LogP contribution in [0.2, 0.25) is 0 Å². The van der Waals surface area contributed by atoms with Crippen LogP contribution in [0.15, 0.2) is 58.5 Å². The molecular formula is C30H43N2O7. The molecule has 0 aromatic heterocycles. The monoisotopic (exact) mass is 543 g/mol. The Hall–Kier alpha value is -2.85. The zero-order valence-corrected chi connectivity index (χ0v) is 24.0. The van der Waals surface area contributed by atoms with E-state index in [1.165, 1.54) is 7.11 Å². The number of aliphatic hydroxyl groups excluding tert-OH is 2. The molecule has 215 valence electrons. The molecule has 0 saturated heterocycles. The van der Waals surface area contributed by atoms with Crippen LogP contribution < -0.4 is 10.6 Å². The van der Waals surface area contributed by atoms with Gasteiger partial charge in [0.2, 0.25) is 11.6 Å². The van der Waals surface area contributed by atoms with Crippen molar-refractivity contribution >= 4 is 17.5 Å². The first-order valence-electron chi connectivity index (χ1n) is 13.3. The highest BCUT2D eigenvalue weighted by atomic mass is 16.5. The lowest BCUT2D eigenvalue weighted by atomic mass is 9.85. The minimum Gasteiger partial charge on any atom is -0.394 e. The maximum absolute atomic E-state index is 13.5. The van der Waals surface area contributed by atoms with Crippen molar-refractivity contribution in [2.24, 2.45) is 11.8 Å². The SMILES string of the molecule is CO[C@H]1C[C@H](C)CC2=C(N[C@@H](C)CO)C(=O)C=C(NC(=O)/C(C)=C/C=C\[C@@H](OC)[CH]/C(C)=C/[C@H](C)[C@H]1O)C2=O. The van der Waals surface area contributed by atoms with Gasteiger partial charge in [-0.1, -0.05) is 43.7 Å². The Morgan fingerprint density at radius 3 is 2.46 bits per heavy atom. The molecule has 39 heavy (non-hydrogen) atoms. The second kappa shape index (κ2) is 15.1. The fraction of sp³-hybridized carbons (Fsp3) is 0.533. The molecular weight excluding hydrogens is 500 g/mol. The second-order valence-corrected chi connectivity index (χ2v) is 10.5. The third-order valence-electron chi connectivity index (χ3n) is 6.90. The smallest absolute Gasteiger partial charge is 0.251 e. The van der Waals surface area contributed by atoms with Crippen molar-refractivity contribution in [2.45, 2.75) is 71.8 Å². The van der Waals surface area contributed by atoms with Crippen LogP contribution in [0.4, 0.5) is 0 Å². The number of fused-ring (bicyclic) bond motifs is 2. The third-order valence-corrected chi connectivity index (χ3v) is 6.90. The molecule has 0 saturated carbocycles. The van der Waals surface area contributed by atoms with Crippen LogP contribution in [0.25, 0.3) is 0 Å². The first-order chi connectivity index (χ1) is 18.4. The van der Waals surface area contributed by atoms with Gasteiger partial charge in [0.15, 0.2) is 0 Å². The van der Waals surface area contributed by atoms with E-state index in [0.717, 1.165) is 11.6 Å². The fourth-order valence-corrected chi connectivity index (χ4v) is 4.61. The third kappa shape index (κ3) is 9.10. The Balaban J connectivity index is 2.54. The van der Waals surface area contributed by atoms with E-state index in [1.54, 1.807) is 39.2 Å². The number of allylic oxidation sites excluding steroid dienone is 4. The summed E-state index contributed by atoms with van der Waals surface area (Å²) in [4.78, 5) is 39.5. The molecule has 0 fully saturated rings. The van der Waals surface area contributed by atoms with E-state index in [-0.39, 0.29) is 47.9 Å². The van der Waals surface area contributed by atoms with Gasteiger partial charge in [-0.3, -0.25) is 14.4 Å². The average Bonchev–Trinajstić information content (AvgIpc) is 2.89. The first kappa shape index (κ1) is 32.4. The molecule has 1 amide bonds. The van der Waals surface area contributed by atoms with Crippen LogP contribution in [0.5, 0.6) is 0 Å². The van der Waals surface area contributed by atoms with Crippen LogP contribution >= 0.6 is 0 Å². The van der Waals surface area contributed by atoms with Gasteiger partial charge in [-0.05, 0) is 39.5 Å². The van der Waals surface area contributed by atoms with Crippen molar-refractivity contribution in [1.82, 2.24) is 10.6 Å². The van der Waals surface area contributed by atoms with E-state index in [9.17, 15) is 24.6 Å². The largest absolute Gasteiger partial charge is 0.394 e. The van der Waals surface area contributed by atoms with Gasteiger partial charge in [-0.2, -0.15) is 0 Å². The molecule has 0 aromatic carbocycles. The Morgan fingerprint density at radius 2 is 1.85 bits per heavy atom. The van der Waals surface area contributed by atoms with Gasteiger partial charge in [-0.15, -0.1) is 0 Å². The summed E-state index contributed by atoms with van der Waals surface area (Å²) in [5.41, 5.74) is 1.47. The van der Waals surface area contributed by atoms with Gasteiger partial charge in [-0.25, -0.2) is 0 Å². The number of carbonyl (C=O) groups is 3. The highest BCUT2D eigenvalue weighted by Gasteiger charge is 2.33. The highest BCUT2D eigenvalue weighted by Crippen LogP contribution is 2.28. The van der Waals surface area contributed by atoms with Crippen LogP contribution in [0, 0.1) is 18.3 Å². The summed E-state index contributed by atoms with van der Waals surface area (Å²) in [6.07, 6.45) is 8.96. The number of rotatable bonds is 5. The summed E-state index contributed by atoms with van der Waals surface area (Å²) < 4.78 is 11.2. The highest BCUT2D eigenvalue weighted by molar-refractivity contribution is 6.23. The lowest BCUT2D eigenvalue weighted by molar-refractivity contribution is -0.120. The van der Waals surface area contributed by atoms with Gasteiger partial charge in [0.1, 0.15) is 0 Å². The summed E-state index contributed by atoms with van der Waals surface area (Å²) in [5, 5.41) is 26.2. The van der Waals surface area contributed by atoms with Crippen molar-refractivity contribution < 1.29 is 34.1 Å².